The van der Waals surface area contributed by atoms with Gasteiger partial charge >= 0.3 is 0 Å². The van der Waals surface area contributed by atoms with Gasteiger partial charge in [-0.1, -0.05) is 23.8 Å². The molecule has 1 aromatic rings. The minimum Gasteiger partial charge on any atom is -0.396 e. The number of aliphatic hydroxyl groups is 1. The van der Waals surface area contributed by atoms with Gasteiger partial charge < -0.3 is 5.11 Å². The van der Waals surface area contributed by atoms with Gasteiger partial charge in [-0.05, 0) is 43.5 Å². The van der Waals surface area contributed by atoms with Gasteiger partial charge in [-0.3, -0.25) is 0 Å². The molecule has 2 unspecified atom stereocenters. The molecule has 0 saturated carbocycles. The topological polar surface area (TPSA) is 54.4 Å². The molecule has 2 rings (SSSR count). The molecular formula is C16H17ClF2O3S. The van der Waals surface area contributed by atoms with Crippen molar-refractivity contribution in [3.8, 4) is 0 Å². The Hall–Kier alpha value is -1.24. The van der Waals surface area contributed by atoms with Gasteiger partial charge in [0, 0.05) is 17.2 Å². The average molecular weight is 363 g/mol. The Bertz CT molecular complexity index is 729. The Morgan fingerprint density at radius 3 is 2.70 bits per heavy atom. The zero-order chi connectivity index (χ0) is 17.0. The maximum Gasteiger partial charge on any atom is 0.164 e. The smallest absolute Gasteiger partial charge is 0.164 e. The third-order valence-electron chi connectivity index (χ3n) is 3.76. The normalized spacial score (nSPS) is 19.5. The molecule has 3 nitrogen and oxygen atoms in total. The molecule has 0 bridgehead atoms. The Morgan fingerprint density at radius 2 is 2.09 bits per heavy atom. The molecule has 126 valence electrons. The molecule has 23 heavy (non-hydrogen) atoms. The molecule has 0 amide bonds. The fourth-order valence-corrected chi connectivity index (χ4v) is 4.84. The molecule has 1 aliphatic rings. The van der Waals surface area contributed by atoms with Crippen LogP contribution >= 0.6 is 11.6 Å². The van der Waals surface area contributed by atoms with Crippen LogP contribution in [0.3, 0.4) is 0 Å². The van der Waals surface area contributed by atoms with Gasteiger partial charge in [0.2, 0.25) is 0 Å². The molecule has 0 saturated heterocycles. The van der Waals surface area contributed by atoms with Gasteiger partial charge in [-0.2, -0.15) is 0 Å². The van der Waals surface area contributed by atoms with Gasteiger partial charge in [0.25, 0.3) is 0 Å². The number of hydrogen-bond acceptors (Lipinski definition) is 3. The molecule has 1 aliphatic carbocycles. The summed E-state index contributed by atoms with van der Waals surface area (Å²) < 4.78 is 53.3. The van der Waals surface area contributed by atoms with E-state index in [0.717, 1.165) is 18.2 Å². The Kier molecular flexibility index (Phi) is 5.95. The minimum atomic E-state index is -3.82. The Balaban J connectivity index is 2.42. The van der Waals surface area contributed by atoms with Crippen LogP contribution in [0.25, 0.3) is 0 Å². The summed E-state index contributed by atoms with van der Waals surface area (Å²) in [7, 11) is -3.82. The van der Waals surface area contributed by atoms with Crippen LogP contribution in [-0.4, -0.2) is 25.4 Å². The van der Waals surface area contributed by atoms with Crippen LogP contribution in [0.1, 0.15) is 30.1 Å². The van der Waals surface area contributed by atoms with Gasteiger partial charge in [0.15, 0.2) is 9.84 Å². The number of rotatable bonds is 6. The summed E-state index contributed by atoms with van der Waals surface area (Å²) in [6.07, 6.45) is 4.89. The van der Waals surface area contributed by atoms with Crippen molar-refractivity contribution in [3.63, 3.8) is 0 Å². The fourth-order valence-electron chi connectivity index (χ4n) is 2.56. The Labute approximate surface area is 139 Å². The van der Waals surface area contributed by atoms with E-state index in [1.165, 1.54) is 12.2 Å². The van der Waals surface area contributed by atoms with Crippen molar-refractivity contribution in [1.29, 1.82) is 0 Å². The van der Waals surface area contributed by atoms with Crippen molar-refractivity contribution in [2.24, 2.45) is 0 Å². The van der Waals surface area contributed by atoms with Crippen LogP contribution in [0.4, 0.5) is 8.78 Å². The van der Waals surface area contributed by atoms with E-state index < -0.39 is 32.0 Å². The standard InChI is InChI=1S/C16H17ClF2O3S/c17-11-3-6-13(7-4-11)23(21,22)16(2-1-9-20)14-10-12(18)5-8-15(14)19/h3-6,8,10,13,16,20H,1-2,7,9H2. The van der Waals surface area contributed by atoms with Crippen molar-refractivity contribution in [2.45, 2.75) is 29.8 Å². The average Bonchev–Trinajstić information content (AvgIpc) is 2.51. The highest BCUT2D eigenvalue weighted by atomic mass is 35.5. The van der Waals surface area contributed by atoms with Crippen LogP contribution < -0.4 is 0 Å². The van der Waals surface area contributed by atoms with E-state index in [1.807, 2.05) is 0 Å². The summed E-state index contributed by atoms with van der Waals surface area (Å²) in [5.74, 6) is -1.47. The van der Waals surface area contributed by atoms with E-state index in [0.29, 0.717) is 5.03 Å². The van der Waals surface area contributed by atoms with E-state index >= 15 is 0 Å². The summed E-state index contributed by atoms with van der Waals surface area (Å²) in [6, 6.07) is 2.77. The van der Waals surface area contributed by atoms with Gasteiger partial charge in [0.1, 0.15) is 11.6 Å². The van der Waals surface area contributed by atoms with E-state index in [9.17, 15) is 17.2 Å². The third-order valence-corrected chi connectivity index (χ3v) is 6.52. The van der Waals surface area contributed by atoms with Crippen LogP contribution in [-0.2, 0) is 9.84 Å². The Morgan fingerprint density at radius 1 is 1.35 bits per heavy atom. The van der Waals surface area contributed by atoms with Gasteiger partial charge in [0.05, 0.1) is 10.5 Å². The van der Waals surface area contributed by atoms with Crippen molar-refractivity contribution < 1.29 is 22.3 Å². The number of hydrogen-bond donors (Lipinski definition) is 1. The number of benzene rings is 1. The summed E-state index contributed by atoms with van der Waals surface area (Å²) in [5, 5.41) is 7.37. The summed E-state index contributed by atoms with van der Waals surface area (Å²) >= 11 is 5.80. The largest absolute Gasteiger partial charge is 0.396 e. The highest BCUT2D eigenvalue weighted by Crippen LogP contribution is 2.35. The first-order valence-electron chi connectivity index (χ1n) is 7.18. The van der Waals surface area contributed by atoms with E-state index in [2.05, 4.69) is 0 Å². The number of aliphatic hydroxyl groups excluding tert-OH is 1. The molecule has 0 heterocycles. The SMILES string of the molecule is O=S(=O)(C1C=CC(Cl)=CC1)C(CCCO)c1cc(F)ccc1F. The molecule has 1 aromatic carbocycles. The molecule has 0 fully saturated rings. The molecule has 2 atom stereocenters. The van der Waals surface area contributed by atoms with Gasteiger partial charge in [-0.25, -0.2) is 17.2 Å². The number of halogens is 3. The fraction of sp³-hybridized carbons (Fsp3) is 0.375. The maximum absolute atomic E-state index is 14.1. The van der Waals surface area contributed by atoms with Crippen molar-refractivity contribution in [3.05, 3.63) is 58.7 Å². The monoisotopic (exact) mass is 362 g/mol. The van der Waals surface area contributed by atoms with E-state index in [-0.39, 0.29) is 31.4 Å². The van der Waals surface area contributed by atoms with E-state index in [1.54, 1.807) is 6.08 Å². The minimum absolute atomic E-state index is 0.0149. The maximum atomic E-state index is 14.1. The van der Waals surface area contributed by atoms with Gasteiger partial charge in [-0.15, -0.1) is 0 Å². The number of sulfone groups is 1. The predicted octanol–water partition coefficient (Wildman–Crippen LogP) is 3.64. The molecule has 0 aliphatic heterocycles. The quantitative estimate of drug-likeness (QED) is 0.840. The summed E-state index contributed by atoms with van der Waals surface area (Å²) in [4.78, 5) is 0. The summed E-state index contributed by atoms with van der Waals surface area (Å²) in [5.41, 5.74) is -0.201. The first-order valence-corrected chi connectivity index (χ1v) is 9.17. The van der Waals surface area contributed by atoms with Crippen LogP contribution in [0.15, 0.2) is 41.5 Å². The lowest BCUT2D eigenvalue weighted by molar-refractivity contribution is 0.283. The van der Waals surface area contributed by atoms with Crippen molar-refractivity contribution in [2.75, 3.05) is 6.61 Å². The van der Waals surface area contributed by atoms with Crippen LogP contribution in [0, 0.1) is 11.6 Å². The second-order valence-corrected chi connectivity index (χ2v) is 8.12. The molecular weight excluding hydrogens is 346 g/mol. The molecule has 0 radical (unpaired) electrons. The highest BCUT2D eigenvalue weighted by Gasteiger charge is 2.35. The van der Waals surface area contributed by atoms with Crippen LogP contribution in [0.5, 0.6) is 0 Å². The second kappa shape index (κ2) is 7.55. The zero-order valence-corrected chi connectivity index (χ0v) is 13.8. The van der Waals surface area contributed by atoms with Crippen molar-refractivity contribution >= 4 is 21.4 Å². The highest BCUT2D eigenvalue weighted by molar-refractivity contribution is 7.92. The molecule has 0 spiro atoms. The van der Waals surface area contributed by atoms with Crippen LogP contribution in [0.2, 0.25) is 0 Å². The zero-order valence-electron chi connectivity index (χ0n) is 12.3. The first-order chi connectivity index (χ1) is 10.9. The summed E-state index contributed by atoms with van der Waals surface area (Å²) in [6.45, 7) is -0.227. The second-order valence-electron chi connectivity index (χ2n) is 5.33. The molecule has 1 N–H and O–H groups in total. The lowest BCUT2D eigenvalue weighted by atomic mass is 10.1. The first kappa shape index (κ1) is 18.1. The van der Waals surface area contributed by atoms with E-state index in [4.69, 9.17) is 16.7 Å². The lowest BCUT2D eigenvalue weighted by Gasteiger charge is -2.24. The predicted molar refractivity (Wildman–Crippen MR) is 85.8 cm³/mol. The molecule has 0 aromatic heterocycles. The number of allylic oxidation sites excluding steroid dienone is 3. The molecule has 7 heteroatoms. The third kappa shape index (κ3) is 4.19. The lowest BCUT2D eigenvalue weighted by Crippen LogP contribution is -2.27. The van der Waals surface area contributed by atoms with Crippen molar-refractivity contribution in [1.82, 2.24) is 0 Å².